The molecule has 0 bridgehead atoms. The van der Waals surface area contributed by atoms with Crippen molar-refractivity contribution in [3.05, 3.63) is 28.7 Å². The van der Waals surface area contributed by atoms with Crippen molar-refractivity contribution < 1.29 is 13.5 Å². The summed E-state index contributed by atoms with van der Waals surface area (Å²) in [4.78, 5) is 13.8. The molecule has 0 radical (unpaired) electrons. The quantitative estimate of drug-likeness (QED) is 0.698. The molecule has 1 heterocycles. The Morgan fingerprint density at radius 2 is 2.00 bits per heavy atom. The topological polar surface area (TPSA) is 99.3 Å². The lowest BCUT2D eigenvalue weighted by Crippen LogP contribution is -2.43. The van der Waals surface area contributed by atoms with Crippen LogP contribution in [-0.4, -0.2) is 30.7 Å². The largest absolute Gasteiger partial charge is 0.391 e. The van der Waals surface area contributed by atoms with Crippen LogP contribution < -0.4 is 10.2 Å². The van der Waals surface area contributed by atoms with E-state index in [-0.39, 0.29) is 4.90 Å². The number of sulfonamides is 1. The number of aliphatic hydroxyl groups excluding tert-OH is 1. The molecule has 0 spiro atoms. The standard InChI is InChI=1S/C12H18N2O4S/c15-10-5-3-1-2-4-9(10)14-19(17,18)12-8-13-7-6-11(12)16/h6-10,14-15H,1-5H2,(H,13,16). The summed E-state index contributed by atoms with van der Waals surface area (Å²) in [6.07, 6.45) is 5.76. The average Bonchev–Trinajstić information content (AvgIpc) is 2.55. The van der Waals surface area contributed by atoms with E-state index in [4.69, 9.17) is 0 Å². The van der Waals surface area contributed by atoms with Gasteiger partial charge in [0.1, 0.15) is 4.90 Å². The fourth-order valence-corrected chi connectivity index (χ4v) is 3.66. The third kappa shape index (κ3) is 3.43. The maximum absolute atomic E-state index is 12.1. The van der Waals surface area contributed by atoms with Crippen LogP contribution in [-0.2, 0) is 10.0 Å². The van der Waals surface area contributed by atoms with Crippen molar-refractivity contribution in [2.45, 2.75) is 49.1 Å². The maximum atomic E-state index is 12.1. The molecule has 106 valence electrons. The van der Waals surface area contributed by atoms with Crippen molar-refractivity contribution in [2.24, 2.45) is 0 Å². The number of pyridine rings is 1. The average molecular weight is 286 g/mol. The van der Waals surface area contributed by atoms with Gasteiger partial charge in [0.25, 0.3) is 0 Å². The van der Waals surface area contributed by atoms with E-state index < -0.39 is 27.6 Å². The van der Waals surface area contributed by atoms with Gasteiger partial charge in [0.15, 0.2) is 0 Å². The van der Waals surface area contributed by atoms with Crippen LogP contribution in [0.3, 0.4) is 0 Å². The van der Waals surface area contributed by atoms with E-state index >= 15 is 0 Å². The van der Waals surface area contributed by atoms with E-state index in [9.17, 15) is 18.3 Å². The molecule has 7 heteroatoms. The predicted molar refractivity (Wildman–Crippen MR) is 70.3 cm³/mol. The molecule has 1 aliphatic carbocycles. The summed E-state index contributed by atoms with van der Waals surface area (Å²) in [5.74, 6) is 0. The number of hydrogen-bond donors (Lipinski definition) is 3. The number of aromatic nitrogens is 1. The molecule has 0 amide bonds. The molecule has 1 fully saturated rings. The fourth-order valence-electron chi connectivity index (χ4n) is 2.30. The Morgan fingerprint density at radius 1 is 1.26 bits per heavy atom. The van der Waals surface area contributed by atoms with Crippen LogP contribution in [0, 0.1) is 0 Å². The van der Waals surface area contributed by atoms with Gasteiger partial charge in [-0.25, -0.2) is 13.1 Å². The van der Waals surface area contributed by atoms with E-state index in [1.165, 1.54) is 6.20 Å². The lowest BCUT2D eigenvalue weighted by Gasteiger charge is -2.21. The number of aromatic amines is 1. The van der Waals surface area contributed by atoms with Crippen LogP contribution in [0.1, 0.15) is 32.1 Å². The molecule has 1 aromatic rings. The Labute approximate surface area is 111 Å². The zero-order valence-corrected chi connectivity index (χ0v) is 11.3. The summed E-state index contributed by atoms with van der Waals surface area (Å²) in [6.45, 7) is 0. The van der Waals surface area contributed by atoms with E-state index in [2.05, 4.69) is 9.71 Å². The normalized spacial score (nSPS) is 24.9. The van der Waals surface area contributed by atoms with E-state index in [0.29, 0.717) is 12.8 Å². The minimum atomic E-state index is -3.89. The van der Waals surface area contributed by atoms with Gasteiger partial charge in [0, 0.05) is 24.5 Å². The summed E-state index contributed by atoms with van der Waals surface area (Å²) in [6, 6.07) is 0.644. The first-order valence-electron chi connectivity index (χ1n) is 6.38. The molecule has 0 saturated heterocycles. The second kappa shape index (κ2) is 5.85. The first kappa shape index (κ1) is 14.2. The monoisotopic (exact) mass is 286 g/mol. The third-order valence-electron chi connectivity index (χ3n) is 3.36. The van der Waals surface area contributed by atoms with Crippen molar-refractivity contribution in [1.29, 1.82) is 0 Å². The molecule has 19 heavy (non-hydrogen) atoms. The number of nitrogens with one attached hydrogen (secondary N) is 2. The third-order valence-corrected chi connectivity index (χ3v) is 4.87. The first-order chi connectivity index (χ1) is 9.00. The molecule has 1 aliphatic rings. The van der Waals surface area contributed by atoms with Gasteiger partial charge < -0.3 is 10.1 Å². The molecular formula is C12H18N2O4S. The lowest BCUT2D eigenvalue weighted by atomic mass is 10.1. The van der Waals surface area contributed by atoms with Gasteiger partial charge in [-0.2, -0.15) is 0 Å². The van der Waals surface area contributed by atoms with Crippen molar-refractivity contribution in [3.8, 4) is 0 Å². The Bertz CT molecular complexity index is 581. The zero-order valence-electron chi connectivity index (χ0n) is 10.5. The molecule has 0 aromatic carbocycles. The summed E-state index contributed by atoms with van der Waals surface area (Å²) < 4.78 is 26.7. The number of hydrogen-bond acceptors (Lipinski definition) is 4. The van der Waals surface area contributed by atoms with Crippen molar-refractivity contribution in [3.63, 3.8) is 0 Å². The van der Waals surface area contributed by atoms with Crippen LogP contribution in [0.25, 0.3) is 0 Å². The van der Waals surface area contributed by atoms with Crippen LogP contribution in [0.15, 0.2) is 28.2 Å². The van der Waals surface area contributed by atoms with E-state index in [0.717, 1.165) is 31.5 Å². The summed E-state index contributed by atoms with van der Waals surface area (Å²) in [5, 5.41) is 9.92. The molecule has 0 aliphatic heterocycles. The highest BCUT2D eigenvalue weighted by Crippen LogP contribution is 2.19. The Hall–Kier alpha value is -1.18. The molecule has 3 N–H and O–H groups in total. The minimum absolute atomic E-state index is 0.313. The van der Waals surface area contributed by atoms with Crippen LogP contribution in [0.2, 0.25) is 0 Å². The molecule has 1 saturated carbocycles. The van der Waals surface area contributed by atoms with E-state index in [1.54, 1.807) is 0 Å². The molecule has 1 aromatic heterocycles. The van der Waals surface area contributed by atoms with Gasteiger partial charge in [-0.1, -0.05) is 19.3 Å². The molecule has 2 atom stereocenters. The van der Waals surface area contributed by atoms with Gasteiger partial charge >= 0.3 is 0 Å². The first-order valence-corrected chi connectivity index (χ1v) is 7.86. The Morgan fingerprint density at radius 3 is 2.74 bits per heavy atom. The highest BCUT2D eigenvalue weighted by Gasteiger charge is 2.28. The van der Waals surface area contributed by atoms with Crippen molar-refractivity contribution in [1.82, 2.24) is 9.71 Å². The summed E-state index contributed by atoms with van der Waals surface area (Å²) in [5.41, 5.74) is -0.561. The summed E-state index contributed by atoms with van der Waals surface area (Å²) >= 11 is 0. The summed E-state index contributed by atoms with van der Waals surface area (Å²) in [7, 11) is -3.89. The molecule has 6 nitrogen and oxygen atoms in total. The lowest BCUT2D eigenvalue weighted by molar-refractivity contribution is 0.130. The predicted octanol–water partition coefficient (Wildman–Crippen LogP) is 0.347. The zero-order chi connectivity index (χ0) is 13.9. The van der Waals surface area contributed by atoms with Gasteiger partial charge in [0.2, 0.25) is 15.5 Å². The highest BCUT2D eigenvalue weighted by molar-refractivity contribution is 7.89. The van der Waals surface area contributed by atoms with Crippen LogP contribution >= 0.6 is 0 Å². The number of aliphatic hydroxyl groups is 1. The Balaban J connectivity index is 2.21. The van der Waals surface area contributed by atoms with Crippen LogP contribution in [0.5, 0.6) is 0 Å². The Kier molecular flexibility index (Phi) is 4.38. The molecule has 2 unspecified atom stereocenters. The van der Waals surface area contributed by atoms with Gasteiger partial charge in [-0.15, -0.1) is 0 Å². The SMILES string of the molecule is O=c1cc[nH]cc1S(=O)(=O)NC1CCCCCC1O. The number of rotatable bonds is 3. The van der Waals surface area contributed by atoms with E-state index in [1.807, 2.05) is 0 Å². The van der Waals surface area contributed by atoms with Gasteiger partial charge in [-0.3, -0.25) is 4.79 Å². The van der Waals surface area contributed by atoms with Gasteiger partial charge in [-0.05, 0) is 12.8 Å². The fraction of sp³-hybridized carbons (Fsp3) is 0.583. The second-order valence-corrected chi connectivity index (χ2v) is 6.49. The van der Waals surface area contributed by atoms with Gasteiger partial charge in [0.05, 0.1) is 6.10 Å². The van der Waals surface area contributed by atoms with Crippen LogP contribution in [0.4, 0.5) is 0 Å². The molecule has 2 rings (SSSR count). The smallest absolute Gasteiger partial charge is 0.246 e. The minimum Gasteiger partial charge on any atom is -0.391 e. The maximum Gasteiger partial charge on any atom is 0.246 e. The van der Waals surface area contributed by atoms with Crippen molar-refractivity contribution in [2.75, 3.05) is 0 Å². The molecular weight excluding hydrogens is 268 g/mol. The van der Waals surface area contributed by atoms with Crippen molar-refractivity contribution >= 4 is 10.0 Å². The highest BCUT2D eigenvalue weighted by atomic mass is 32.2. The second-order valence-electron chi connectivity index (χ2n) is 4.81. The number of H-pyrrole nitrogens is 1.